The molecule has 18 heavy (non-hydrogen) atoms. The van der Waals surface area contributed by atoms with E-state index in [2.05, 4.69) is 62.0 Å². The van der Waals surface area contributed by atoms with Gasteiger partial charge in [0.15, 0.2) is 0 Å². The molecule has 2 rings (SSSR count). The number of hydrogen-bond donors (Lipinski definition) is 0. The van der Waals surface area contributed by atoms with Crippen LogP contribution < -0.4 is 0 Å². The van der Waals surface area contributed by atoms with Crippen LogP contribution in [0.3, 0.4) is 0 Å². The Hall–Kier alpha value is -1.56. The van der Waals surface area contributed by atoms with Gasteiger partial charge in [-0.2, -0.15) is 0 Å². The topological polar surface area (TPSA) is 0 Å². The second kappa shape index (κ2) is 6.39. The first-order valence-electron chi connectivity index (χ1n) is 6.95. The Morgan fingerprint density at radius 1 is 1.11 bits per heavy atom. The van der Waals surface area contributed by atoms with Crippen molar-refractivity contribution in [2.45, 2.75) is 38.5 Å². The Bertz CT molecular complexity index is 505. The van der Waals surface area contributed by atoms with Crippen LogP contribution in [0.25, 0.3) is 10.8 Å². The lowest BCUT2D eigenvalue weighted by atomic mass is 9.87. The first-order chi connectivity index (χ1) is 8.86. The molecule has 0 aliphatic carbocycles. The van der Waals surface area contributed by atoms with Crippen LogP contribution in [0, 0.1) is 0 Å². The summed E-state index contributed by atoms with van der Waals surface area (Å²) in [7, 11) is 0. The van der Waals surface area contributed by atoms with Crippen LogP contribution in [0.4, 0.5) is 0 Å². The van der Waals surface area contributed by atoms with E-state index in [-0.39, 0.29) is 0 Å². The van der Waals surface area contributed by atoms with Gasteiger partial charge in [-0.05, 0) is 35.1 Å². The van der Waals surface area contributed by atoms with Gasteiger partial charge in [-0.25, -0.2) is 0 Å². The summed E-state index contributed by atoms with van der Waals surface area (Å²) in [5, 5.41) is 2.75. The fourth-order valence-electron chi connectivity index (χ4n) is 2.66. The third-order valence-electron chi connectivity index (χ3n) is 3.62. The molecule has 0 aliphatic heterocycles. The predicted molar refractivity (Wildman–Crippen MR) is 81.0 cm³/mol. The van der Waals surface area contributed by atoms with Crippen molar-refractivity contribution < 1.29 is 0 Å². The molecule has 0 radical (unpaired) electrons. The summed E-state index contributed by atoms with van der Waals surface area (Å²) >= 11 is 0. The molecule has 1 atom stereocenters. The summed E-state index contributed by atoms with van der Waals surface area (Å²) in [4.78, 5) is 0. The second-order valence-corrected chi connectivity index (χ2v) is 4.93. The van der Waals surface area contributed by atoms with Crippen molar-refractivity contribution in [3.63, 3.8) is 0 Å². The molecule has 0 aromatic heterocycles. The average Bonchev–Trinajstić information content (AvgIpc) is 2.43. The van der Waals surface area contributed by atoms with Crippen molar-refractivity contribution in [1.82, 2.24) is 0 Å². The molecule has 0 saturated carbocycles. The van der Waals surface area contributed by atoms with E-state index in [9.17, 15) is 0 Å². The number of fused-ring (bicyclic) bond motifs is 1. The summed E-state index contributed by atoms with van der Waals surface area (Å²) in [6, 6.07) is 15.4. The Labute approximate surface area is 110 Å². The molecule has 0 bridgehead atoms. The van der Waals surface area contributed by atoms with E-state index in [0.29, 0.717) is 5.92 Å². The van der Waals surface area contributed by atoms with E-state index in [1.807, 2.05) is 0 Å². The fraction of sp³-hybridized carbons (Fsp3) is 0.333. The molecule has 94 valence electrons. The second-order valence-electron chi connectivity index (χ2n) is 4.93. The minimum atomic E-state index is 0.619. The summed E-state index contributed by atoms with van der Waals surface area (Å²) in [6.45, 7) is 6.17. The van der Waals surface area contributed by atoms with E-state index >= 15 is 0 Å². The van der Waals surface area contributed by atoms with Gasteiger partial charge in [0, 0.05) is 0 Å². The van der Waals surface area contributed by atoms with E-state index in [0.717, 1.165) is 6.42 Å². The molecular formula is C18H22. The van der Waals surface area contributed by atoms with Crippen LogP contribution >= 0.6 is 0 Å². The van der Waals surface area contributed by atoms with Crippen LogP contribution in [0.2, 0.25) is 0 Å². The Balaban J connectivity index is 2.39. The molecule has 0 heteroatoms. The first kappa shape index (κ1) is 12.9. The lowest BCUT2D eigenvalue weighted by molar-refractivity contribution is 0.593. The van der Waals surface area contributed by atoms with E-state index in [1.54, 1.807) is 0 Å². The van der Waals surface area contributed by atoms with Gasteiger partial charge in [-0.1, -0.05) is 68.3 Å². The summed E-state index contributed by atoms with van der Waals surface area (Å²) < 4.78 is 0. The Morgan fingerprint density at radius 3 is 2.67 bits per heavy atom. The lowest BCUT2D eigenvalue weighted by Gasteiger charge is -2.17. The molecule has 2 aromatic rings. The monoisotopic (exact) mass is 238 g/mol. The molecule has 0 nitrogen and oxygen atoms in total. The average molecular weight is 238 g/mol. The first-order valence-corrected chi connectivity index (χ1v) is 6.95. The Kier molecular flexibility index (Phi) is 4.58. The van der Waals surface area contributed by atoms with Gasteiger partial charge in [0.1, 0.15) is 0 Å². The van der Waals surface area contributed by atoms with E-state index in [1.165, 1.54) is 35.6 Å². The van der Waals surface area contributed by atoms with Crippen molar-refractivity contribution in [3.05, 3.63) is 60.7 Å². The van der Waals surface area contributed by atoms with Crippen molar-refractivity contribution >= 4 is 10.8 Å². The zero-order valence-electron chi connectivity index (χ0n) is 11.2. The van der Waals surface area contributed by atoms with E-state index < -0.39 is 0 Å². The highest BCUT2D eigenvalue weighted by Crippen LogP contribution is 2.31. The fourth-order valence-corrected chi connectivity index (χ4v) is 2.66. The van der Waals surface area contributed by atoms with Gasteiger partial charge in [0.05, 0.1) is 0 Å². The maximum atomic E-state index is 3.91. The molecule has 2 aromatic carbocycles. The number of benzene rings is 2. The third kappa shape index (κ3) is 2.81. The summed E-state index contributed by atoms with van der Waals surface area (Å²) in [5.74, 6) is 0.619. The van der Waals surface area contributed by atoms with Gasteiger partial charge < -0.3 is 0 Å². The molecule has 0 spiro atoms. The molecule has 0 N–H and O–H groups in total. The smallest absolute Gasteiger partial charge is 0.0121 e. The number of rotatable bonds is 6. The van der Waals surface area contributed by atoms with Crippen molar-refractivity contribution in [3.8, 4) is 0 Å². The van der Waals surface area contributed by atoms with Crippen LogP contribution in [-0.2, 0) is 0 Å². The standard InChI is InChI=1S/C18H22/c1-3-5-10-15(9-4-2)18-14-8-12-16-11-6-7-13-17(16)18/h4,6-8,11-15H,2-3,5,9-10H2,1H3. The van der Waals surface area contributed by atoms with Crippen molar-refractivity contribution in [2.75, 3.05) is 0 Å². The van der Waals surface area contributed by atoms with Gasteiger partial charge in [-0.15, -0.1) is 6.58 Å². The molecule has 0 saturated heterocycles. The maximum Gasteiger partial charge on any atom is -0.0121 e. The normalized spacial score (nSPS) is 12.5. The lowest BCUT2D eigenvalue weighted by Crippen LogP contribution is -1.99. The highest BCUT2D eigenvalue weighted by Gasteiger charge is 2.12. The molecule has 0 amide bonds. The van der Waals surface area contributed by atoms with Gasteiger partial charge in [0.2, 0.25) is 0 Å². The molecular weight excluding hydrogens is 216 g/mol. The van der Waals surface area contributed by atoms with Crippen molar-refractivity contribution in [1.29, 1.82) is 0 Å². The van der Waals surface area contributed by atoms with Crippen LogP contribution in [0.5, 0.6) is 0 Å². The minimum Gasteiger partial charge on any atom is -0.103 e. The van der Waals surface area contributed by atoms with Crippen molar-refractivity contribution in [2.24, 2.45) is 0 Å². The molecule has 0 heterocycles. The number of unbranched alkanes of at least 4 members (excludes halogenated alkanes) is 1. The van der Waals surface area contributed by atoms with Gasteiger partial charge >= 0.3 is 0 Å². The van der Waals surface area contributed by atoms with E-state index in [4.69, 9.17) is 0 Å². The molecule has 0 aliphatic rings. The third-order valence-corrected chi connectivity index (χ3v) is 3.62. The van der Waals surface area contributed by atoms with Gasteiger partial charge in [-0.3, -0.25) is 0 Å². The largest absolute Gasteiger partial charge is 0.103 e. The predicted octanol–water partition coefficient (Wildman–Crippen LogP) is 5.69. The van der Waals surface area contributed by atoms with Crippen LogP contribution in [-0.4, -0.2) is 0 Å². The SMILES string of the molecule is C=CCC(CCCC)c1cccc2ccccc12. The van der Waals surface area contributed by atoms with Crippen LogP contribution in [0.1, 0.15) is 44.1 Å². The Morgan fingerprint density at radius 2 is 1.89 bits per heavy atom. The number of hydrogen-bond acceptors (Lipinski definition) is 0. The zero-order chi connectivity index (χ0) is 12.8. The highest BCUT2D eigenvalue weighted by molar-refractivity contribution is 5.86. The minimum absolute atomic E-state index is 0.619. The highest BCUT2D eigenvalue weighted by atomic mass is 14.2. The molecule has 0 fully saturated rings. The van der Waals surface area contributed by atoms with Gasteiger partial charge in [0.25, 0.3) is 0 Å². The summed E-state index contributed by atoms with van der Waals surface area (Å²) in [6.07, 6.45) is 6.95. The van der Waals surface area contributed by atoms with Crippen LogP contribution in [0.15, 0.2) is 55.1 Å². The zero-order valence-corrected chi connectivity index (χ0v) is 11.2. The maximum absolute atomic E-state index is 3.91. The quantitative estimate of drug-likeness (QED) is 0.567. The molecule has 1 unspecified atom stereocenters. The summed E-state index contributed by atoms with van der Waals surface area (Å²) in [5.41, 5.74) is 1.49. The number of allylic oxidation sites excluding steroid dienone is 1.